The number of fused-ring (bicyclic) bond motifs is 1. The molecule has 0 spiro atoms. The van der Waals surface area contributed by atoms with Crippen LogP contribution in [0.3, 0.4) is 0 Å². The van der Waals surface area contributed by atoms with E-state index >= 15 is 0 Å². The fourth-order valence-corrected chi connectivity index (χ4v) is 3.69. The molecule has 1 unspecified atom stereocenters. The van der Waals surface area contributed by atoms with Gasteiger partial charge in [0.1, 0.15) is 0 Å². The molecule has 6 heteroatoms. The van der Waals surface area contributed by atoms with Crippen molar-refractivity contribution in [2.45, 2.75) is 25.8 Å². The van der Waals surface area contributed by atoms with Gasteiger partial charge in [-0.25, -0.2) is 0 Å². The van der Waals surface area contributed by atoms with Gasteiger partial charge in [0.15, 0.2) is 0 Å². The molecule has 0 saturated carbocycles. The van der Waals surface area contributed by atoms with Crippen molar-refractivity contribution in [2.75, 3.05) is 19.6 Å². The van der Waals surface area contributed by atoms with E-state index in [4.69, 9.17) is 23.2 Å². The third kappa shape index (κ3) is 3.65. The van der Waals surface area contributed by atoms with Crippen LogP contribution < -0.4 is 5.32 Å². The summed E-state index contributed by atoms with van der Waals surface area (Å²) in [6.45, 7) is 3.20. The third-order valence-corrected chi connectivity index (χ3v) is 4.77. The molecular weight excluding hydrogens is 331 g/mol. The molecule has 1 N–H and O–H groups in total. The van der Waals surface area contributed by atoms with Crippen LogP contribution in [0.25, 0.3) is 0 Å². The lowest BCUT2D eigenvalue weighted by Gasteiger charge is -2.33. The lowest BCUT2D eigenvalue weighted by Crippen LogP contribution is -2.44. The molecule has 0 aliphatic carbocycles. The van der Waals surface area contributed by atoms with E-state index in [1.807, 2.05) is 11.0 Å². The Balaban J connectivity index is 0.00000161. The van der Waals surface area contributed by atoms with Crippen LogP contribution in [0.4, 0.5) is 0 Å². The van der Waals surface area contributed by atoms with E-state index in [1.165, 1.54) is 5.56 Å². The van der Waals surface area contributed by atoms with Crippen molar-refractivity contribution in [3.8, 4) is 0 Å². The maximum absolute atomic E-state index is 12.6. The zero-order valence-corrected chi connectivity index (χ0v) is 14.0. The molecular formula is C15H19Cl3N2O. The highest BCUT2D eigenvalue weighted by atomic mass is 35.5. The largest absolute Gasteiger partial charge is 0.338 e. The molecule has 2 aliphatic heterocycles. The van der Waals surface area contributed by atoms with Gasteiger partial charge >= 0.3 is 0 Å². The topological polar surface area (TPSA) is 32.3 Å². The molecule has 1 aromatic carbocycles. The lowest BCUT2D eigenvalue weighted by molar-refractivity contribution is -0.137. The minimum absolute atomic E-state index is 0. The van der Waals surface area contributed by atoms with Crippen LogP contribution in [0.5, 0.6) is 0 Å². The molecule has 1 atom stereocenters. The summed E-state index contributed by atoms with van der Waals surface area (Å²) >= 11 is 12.3. The Bertz CT molecular complexity index is 530. The summed E-state index contributed by atoms with van der Waals surface area (Å²) in [4.78, 5) is 14.5. The Morgan fingerprint density at radius 1 is 1.33 bits per heavy atom. The molecule has 1 amide bonds. The van der Waals surface area contributed by atoms with E-state index in [0.29, 0.717) is 16.6 Å². The highest BCUT2D eigenvalue weighted by molar-refractivity contribution is 6.35. The Kier molecular flexibility index (Phi) is 5.78. The fourth-order valence-electron chi connectivity index (χ4n) is 3.09. The maximum Gasteiger partial charge on any atom is 0.227 e. The number of piperidine rings is 1. The molecule has 0 radical (unpaired) electrons. The van der Waals surface area contributed by atoms with Crippen molar-refractivity contribution >= 4 is 41.5 Å². The first kappa shape index (κ1) is 16.9. The van der Waals surface area contributed by atoms with Gasteiger partial charge in [0, 0.05) is 29.7 Å². The van der Waals surface area contributed by atoms with Crippen LogP contribution >= 0.6 is 35.6 Å². The zero-order valence-electron chi connectivity index (χ0n) is 11.7. The Morgan fingerprint density at radius 3 is 2.86 bits per heavy atom. The van der Waals surface area contributed by atoms with Gasteiger partial charge < -0.3 is 10.2 Å². The molecule has 3 rings (SSSR count). The predicted molar refractivity (Wildman–Crippen MR) is 88.4 cm³/mol. The summed E-state index contributed by atoms with van der Waals surface area (Å²) in [7, 11) is 0. The number of rotatable bonds is 1. The summed E-state index contributed by atoms with van der Waals surface area (Å²) in [5, 5.41) is 4.65. The molecule has 2 aliphatic rings. The number of nitrogens with zero attached hydrogens (tertiary/aromatic N) is 1. The first-order valence-corrected chi connectivity index (χ1v) is 7.87. The number of hydrogen-bond donors (Lipinski definition) is 1. The van der Waals surface area contributed by atoms with Gasteiger partial charge in [-0.1, -0.05) is 23.2 Å². The Labute approximate surface area is 141 Å². The summed E-state index contributed by atoms with van der Waals surface area (Å²) < 4.78 is 0. The average molecular weight is 350 g/mol. The fraction of sp³-hybridized carbons (Fsp3) is 0.533. The maximum atomic E-state index is 12.6. The van der Waals surface area contributed by atoms with Crippen LogP contribution in [-0.2, 0) is 17.8 Å². The second kappa shape index (κ2) is 7.19. The standard InChI is InChI=1S/C15H18Cl2N2O.ClH/c16-12-6-10-3-5-19(9-13(10)14(17)7-12)15(20)11-2-1-4-18-8-11;/h6-7,11,18H,1-5,8-9H2;1H. The van der Waals surface area contributed by atoms with Gasteiger partial charge in [0.05, 0.1) is 5.92 Å². The monoisotopic (exact) mass is 348 g/mol. The van der Waals surface area contributed by atoms with Crippen LogP contribution in [0, 0.1) is 5.92 Å². The highest BCUT2D eigenvalue weighted by Gasteiger charge is 2.29. The minimum atomic E-state index is 0. The second-order valence-corrected chi connectivity index (χ2v) is 6.42. The first-order chi connectivity index (χ1) is 9.65. The van der Waals surface area contributed by atoms with E-state index in [1.54, 1.807) is 6.07 Å². The Hall–Kier alpha value is -0.480. The molecule has 1 saturated heterocycles. The normalized spacial score (nSPS) is 21.4. The summed E-state index contributed by atoms with van der Waals surface area (Å²) in [6, 6.07) is 3.73. The van der Waals surface area contributed by atoms with E-state index in [-0.39, 0.29) is 24.2 Å². The zero-order chi connectivity index (χ0) is 14.1. The Morgan fingerprint density at radius 2 is 2.14 bits per heavy atom. The SMILES string of the molecule is Cl.O=C(C1CCCNC1)N1CCc2cc(Cl)cc(Cl)c2C1. The van der Waals surface area contributed by atoms with Gasteiger partial charge in [0.2, 0.25) is 5.91 Å². The smallest absolute Gasteiger partial charge is 0.227 e. The van der Waals surface area contributed by atoms with E-state index < -0.39 is 0 Å². The van der Waals surface area contributed by atoms with Crippen LogP contribution in [0.1, 0.15) is 24.0 Å². The van der Waals surface area contributed by atoms with Crippen molar-refractivity contribution in [1.82, 2.24) is 10.2 Å². The number of carbonyl (C=O) groups is 1. The summed E-state index contributed by atoms with van der Waals surface area (Å²) in [5.74, 6) is 0.380. The number of hydrogen-bond acceptors (Lipinski definition) is 2. The summed E-state index contributed by atoms with van der Waals surface area (Å²) in [5.41, 5.74) is 2.23. The number of amides is 1. The van der Waals surface area contributed by atoms with E-state index in [0.717, 1.165) is 44.5 Å². The van der Waals surface area contributed by atoms with Crippen molar-refractivity contribution in [1.29, 1.82) is 0 Å². The van der Waals surface area contributed by atoms with Crippen LogP contribution in [-0.4, -0.2) is 30.4 Å². The molecule has 2 heterocycles. The van der Waals surface area contributed by atoms with Crippen LogP contribution in [0.2, 0.25) is 10.0 Å². The van der Waals surface area contributed by atoms with Gasteiger partial charge in [-0.05, 0) is 49.1 Å². The molecule has 116 valence electrons. The predicted octanol–water partition coefficient (Wildman–Crippen LogP) is 3.30. The van der Waals surface area contributed by atoms with Gasteiger partial charge in [0.25, 0.3) is 0 Å². The quantitative estimate of drug-likeness (QED) is 0.843. The first-order valence-electron chi connectivity index (χ1n) is 7.11. The third-order valence-electron chi connectivity index (χ3n) is 4.21. The molecule has 1 aromatic rings. The van der Waals surface area contributed by atoms with E-state index in [2.05, 4.69) is 5.32 Å². The minimum Gasteiger partial charge on any atom is -0.338 e. The molecule has 3 nitrogen and oxygen atoms in total. The van der Waals surface area contributed by atoms with Crippen molar-refractivity contribution in [3.05, 3.63) is 33.3 Å². The molecule has 21 heavy (non-hydrogen) atoms. The second-order valence-electron chi connectivity index (χ2n) is 5.58. The molecule has 0 aromatic heterocycles. The molecule has 1 fully saturated rings. The summed E-state index contributed by atoms with van der Waals surface area (Å²) in [6.07, 6.45) is 2.91. The van der Waals surface area contributed by atoms with Gasteiger partial charge in [-0.15, -0.1) is 12.4 Å². The van der Waals surface area contributed by atoms with E-state index in [9.17, 15) is 4.79 Å². The number of benzene rings is 1. The lowest BCUT2D eigenvalue weighted by atomic mass is 9.95. The number of nitrogens with one attached hydrogen (secondary N) is 1. The van der Waals surface area contributed by atoms with Crippen molar-refractivity contribution in [3.63, 3.8) is 0 Å². The average Bonchev–Trinajstić information content (AvgIpc) is 2.47. The van der Waals surface area contributed by atoms with Crippen LogP contribution in [0.15, 0.2) is 12.1 Å². The number of carbonyl (C=O) groups excluding carboxylic acids is 1. The van der Waals surface area contributed by atoms with Crippen molar-refractivity contribution in [2.24, 2.45) is 5.92 Å². The van der Waals surface area contributed by atoms with Gasteiger partial charge in [-0.2, -0.15) is 0 Å². The van der Waals surface area contributed by atoms with Crippen molar-refractivity contribution < 1.29 is 4.79 Å². The van der Waals surface area contributed by atoms with Gasteiger partial charge in [-0.3, -0.25) is 4.79 Å². The molecule has 0 bridgehead atoms. The number of halogens is 3. The highest BCUT2D eigenvalue weighted by Crippen LogP contribution is 2.30.